The number of likely N-dealkylation sites (N-methyl/N-ethyl adjacent to an activating group) is 1. The van der Waals surface area contributed by atoms with Crippen LogP contribution in [0.4, 0.5) is 0 Å². The Hall–Kier alpha value is -1.88. The van der Waals surface area contributed by atoms with Crippen molar-refractivity contribution in [3.8, 4) is 0 Å². The molecule has 0 atom stereocenters. The molecule has 5 heteroatoms. The summed E-state index contributed by atoms with van der Waals surface area (Å²) in [6.07, 6.45) is 7.03. The molecule has 2 aliphatic rings. The number of benzene rings is 1. The van der Waals surface area contributed by atoms with E-state index < -0.39 is 5.97 Å². The van der Waals surface area contributed by atoms with Gasteiger partial charge in [0.05, 0.1) is 13.0 Å². The summed E-state index contributed by atoms with van der Waals surface area (Å²) in [7, 11) is 0. The second kappa shape index (κ2) is 8.67. The number of likely N-dealkylation sites (tertiary alicyclic amines) is 1. The highest BCUT2D eigenvalue weighted by Crippen LogP contribution is 2.23. The number of amides is 1. The number of carboxylic acids is 1. The van der Waals surface area contributed by atoms with Crippen LogP contribution in [0.15, 0.2) is 18.2 Å². The van der Waals surface area contributed by atoms with E-state index in [4.69, 9.17) is 5.11 Å². The lowest BCUT2D eigenvalue weighted by molar-refractivity contribution is -0.140. The van der Waals surface area contributed by atoms with Gasteiger partial charge in [0, 0.05) is 19.1 Å². The molecule has 142 valence electrons. The minimum atomic E-state index is -0.780. The molecule has 5 nitrogen and oxygen atoms in total. The molecular weight excluding hydrogens is 328 g/mol. The second-order valence-corrected chi connectivity index (χ2v) is 7.56. The van der Waals surface area contributed by atoms with E-state index in [1.807, 2.05) is 16.7 Å². The van der Waals surface area contributed by atoms with Crippen molar-refractivity contribution >= 4 is 11.9 Å². The molecule has 0 unspecified atom stereocenters. The number of piperidine rings is 1. The summed E-state index contributed by atoms with van der Waals surface area (Å²) in [6.45, 7) is 4.27. The fourth-order valence-electron chi connectivity index (χ4n) is 4.34. The third-order valence-electron chi connectivity index (χ3n) is 5.85. The van der Waals surface area contributed by atoms with Gasteiger partial charge < -0.3 is 10.0 Å². The molecule has 1 N–H and O–H groups in total. The zero-order chi connectivity index (χ0) is 18.5. The van der Waals surface area contributed by atoms with Gasteiger partial charge in [0.2, 0.25) is 5.91 Å². The molecule has 26 heavy (non-hydrogen) atoms. The Morgan fingerprint density at radius 2 is 1.85 bits per heavy atom. The lowest BCUT2D eigenvalue weighted by Gasteiger charge is -2.37. The van der Waals surface area contributed by atoms with Gasteiger partial charge in [-0.15, -0.1) is 0 Å². The smallest absolute Gasteiger partial charge is 0.317 e. The van der Waals surface area contributed by atoms with Gasteiger partial charge in [-0.3, -0.25) is 14.5 Å². The zero-order valence-electron chi connectivity index (χ0n) is 15.7. The van der Waals surface area contributed by atoms with Crippen LogP contribution in [-0.2, 0) is 28.9 Å². The number of aliphatic carboxylic acids is 1. The number of carbonyl (C=O) groups excluding carboxylic acids is 1. The van der Waals surface area contributed by atoms with E-state index in [0.717, 1.165) is 44.5 Å². The third-order valence-corrected chi connectivity index (χ3v) is 5.85. The van der Waals surface area contributed by atoms with Gasteiger partial charge in [-0.1, -0.05) is 25.1 Å². The van der Waals surface area contributed by atoms with Crippen molar-refractivity contribution in [3.63, 3.8) is 0 Å². The Labute approximate surface area is 156 Å². The Kier molecular flexibility index (Phi) is 6.30. The van der Waals surface area contributed by atoms with E-state index in [1.165, 1.54) is 30.4 Å². The highest BCUT2D eigenvalue weighted by Gasteiger charge is 2.27. The first-order valence-corrected chi connectivity index (χ1v) is 9.91. The van der Waals surface area contributed by atoms with Gasteiger partial charge in [0.15, 0.2) is 0 Å². The van der Waals surface area contributed by atoms with E-state index in [1.54, 1.807) is 0 Å². The summed E-state index contributed by atoms with van der Waals surface area (Å²) >= 11 is 0. The SMILES string of the molecule is CCN(CC(=O)O)C1CCN(C(=O)Cc2ccc3c(c2)CCCC3)CC1. The fraction of sp³-hybridized carbons (Fsp3) is 0.619. The summed E-state index contributed by atoms with van der Waals surface area (Å²) in [4.78, 5) is 27.6. The van der Waals surface area contributed by atoms with Gasteiger partial charge in [0.1, 0.15) is 0 Å². The highest BCUT2D eigenvalue weighted by molar-refractivity contribution is 5.79. The average molecular weight is 358 g/mol. The lowest BCUT2D eigenvalue weighted by atomic mass is 9.90. The monoisotopic (exact) mass is 358 g/mol. The minimum absolute atomic E-state index is 0.0875. The predicted molar refractivity (Wildman–Crippen MR) is 101 cm³/mol. The Morgan fingerprint density at radius 1 is 1.15 bits per heavy atom. The Morgan fingerprint density at radius 3 is 2.50 bits per heavy atom. The van der Waals surface area contributed by atoms with Crippen LogP contribution in [0.5, 0.6) is 0 Å². The molecule has 0 spiro atoms. The molecule has 1 aromatic rings. The molecule has 0 saturated carbocycles. The third kappa shape index (κ3) is 4.64. The molecule has 1 saturated heterocycles. The maximum Gasteiger partial charge on any atom is 0.317 e. The number of rotatable bonds is 6. The summed E-state index contributed by atoms with van der Waals surface area (Å²) in [5.41, 5.74) is 4.00. The lowest BCUT2D eigenvalue weighted by Crippen LogP contribution is -2.48. The summed E-state index contributed by atoms with van der Waals surface area (Å²) in [5, 5.41) is 9.03. The molecule has 1 aliphatic heterocycles. The molecule has 1 fully saturated rings. The maximum atomic E-state index is 12.7. The van der Waals surface area contributed by atoms with E-state index in [-0.39, 0.29) is 18.5 Å². The van der Waals surface area contributed by atoms with Gasteiger partial charge in [0.25, 0.3) is 0 Å². The average Bonchev–Trinajstić information content (AvgIpc) is 2.66. The van der Waals surface area contributed by atoms with E-state index in [2.05, 4.69) is 18.2 Å². The summed E-state index contributed by atoms with van der Waals surface area (Å²) in [5.74, 6) is -0.585. The van der Waals surface area contributed by atoms with Gasteiger partial charge >= 0.3 is 5.97 Å². The predicted octanol–water partition coefficient (Wildman–Crippen LogP) is 2.51. The summed E-state index contributed by atoms with van der Waals surface area (Å²) < 4.78 is 0. The maximum absolute atomic E-state index is 12.7. The topological polar surface area (TPSA) is 60.9 Å². The van der Waals surface area contributed by atoms with Crippen molar-refractivity contribution in [1.29, 1.82) is 0 Å². The van der Waals surface area contributed by atoms with Crippen LogP contribution in [0, 0.1) is 0 Å². The molecular formula is C21H30N2O3. The van der Waals surface area contributed by atoms with Crippen LogP contribution in [0.1, 0.15) is 49.3 Å². The van der Waals surface area contributed by atoms with Crippen molar-refractivity contribution < 1.29 is 14.7 Å². The number of fused-ring (bicyclic) bond motifs is 1. The van der Waals surface area contributed by atoms with E-state index in [0.29, 0.717) is 6.42 Å². The molecule has 1 heterocycles. The number of hydrogen-bond acceptors (Lipinski definition) is 3. The van der Waals surface area contributed by atoms with Crippen molar-refractivity contribution in [3.05, 3.63) is 34.9 Å². The number of carbonyl (C=O) groups is 2. The molecule has 1 amide bonds. The van der Waals surface area contributed by atoms with Crippen LogP contribution in [0.2, 0.25) is 0 Å². The first kappa shape index (κ1) is 18.9. The van der Waals surface area contributed by atoms with Crippen molar-refractivity contribution in [2.75, 3.05) is 26.2 Å². The molecule has 1 aliphatic carbocycles. The zero-order valence-corrected chi connectivity index (χ0v) is 15.7. The molecule has 3 rings (SSSR count). The van der Waals surface area contributed by atoms with Crippen LogP contribution in [0.25, 0.3) is 0 Å². The summed E-state index contributed by atoms with van der Waals surface area (Å²) in [6, 6.07) is 6.81. The number of hydrogen-bond donors (Lipinski definition) is 1. The van der Waals surface area contributed by atoms with E-state index in [9.17, 15) is 9.59 Å². The van der Waals surface area contributed by atoms with Gasteiger partial charge in [-0.25, -0.2) is 0 Å². The fourth-order valence-corrected chi connectivity index (χ4v) is 4.34. The first-order chi connectivity index (χ1) is 12.6. The molecule has 0 aromatic heterocycles. The van der Waals surface area contributed by atoms with Crippen molar-refractivity contribution in [1.82, 2.24) is 9.80 Å². The minimum Gasteiger partial charge on any atom is -0.480 e. The second-order valence-electron chi connectivity index (χ2n) is 7.56. The Balaban J connectivity index is 1.53. The molecule has 1 aromatic carbocycles. The van der Waals surface area contributed by atoms with Crippen LogP contribution in [0.3, 0.4) is 0 Å². The highest BCUT2D eigenvalue weighted by atomic mass is 16.4. The standard InChI is InChI=1S/C21H30N2O3/c1-2-22(15-21(25)26)19-9-11-23(12-10-19)20(24)14-16-7-8-17-5-3-4-6-18(17)13-16/h7-8,13,19H,2-6,9-12,14-15H2,1H3,(H,25,26). The van der Waals surface area contributed by atoms with Crippen LogP contribution >= 0.6 is 0 Å². The van der Waals surface area contributed by atoms with E-state index >= 15 is 0 Å². The largest absolute Gasteiger partial charge is 0.480 e. The quantitative estimate of drug-likeness (QED) is 0.849. The normalized spacial score (nSPS) is 18.0. The first-order valence-electron chi connectivity index (χ1n) is 9.91. The van der Waals surface area contributed by atoms with Crippen molar-refractivity contribution in [2.24, 2.45) is 0 Å². The van der Waals surface area contributed by atoms with Crippen molar-refractivity contribution in [2.45, 2.75) is 57.9 Å². The molecule has 0 radical (unpaired) electrons. The number of aryl methyl sites for hydroxylation is 2. The molecule has 0 bridgehead atoms. The number of carboxylic acid groups (broad SMARTS) is 1. The Bertz CT molecular complexity index is 651. The van der Waals surface area contributed by atoms with Crippen LogP contribution < -0.4 is 0 Å². The van der Waals surface area contributed by atoms with Gasteiger partial charge in [-0.05, 0) is 61.8 Å². The number of nitrogens with zero attached hydrogens (tertiary/aromatic N) is 2. The van der Waals surface area contributed by atoms with Gasteiger partial charge in [-0.2, -0.15) is 0 Å². The van der Waals surface area contributed by atoms with Crippen LogP contribution in [-0.4, -0.2) is 59.0 Å².